The second kappa shape index (κ2) is 45.8. The van der Waals surface area contributed by atoms with E-state index in [4.69, 9.17) is 18.9 Å². The molecule has 2 atom stereocenters. The Kier molecular flexibility index (Phi) is 43.1. The second-order valence-corrected chi connectivity index (χ2v) is 17.4. The zero-order valence-electron chi connectivity index (χ0n) is 41.1. The Morgan fingerprint density at radius 1 is 0.484 bits per heavy atom. The Balaban J connectivity index is 4.25. The van der Waals surface area contributed by atoms with Crippen LogP contribution in [-0.4, -0.2) is 82.3 Å². The van der Waals surface area contributed by atoms with Crippen molar-refractivity contribution in [3.8, 4) is 0 Å². The van der Waals surface area contributed by atoms with Gasteiger partial charge in [-0.15, -0.1) is 0 Å². The number of carbonyl (C=O) groups excluding carboxylic acids is 3. The lowest BCUT2D eigenvalue weighted by molar-refractivity contribution is -0.870. The number of hydrogen-bond acceptors (Lipinski definition) is 8. The predicted octanol–water partition coefficient (Wildman–Crippen LogP) is 12.5. The van der Waals surface area contributed by atoms with Crippen molar-refractivity contribution in [1.82, 2.24) is 0 Å². The Bertz CT molecular complexity index is 1370. The fourth-order valence-electron chi connectivity index (χ4n) is 6.26. The third-order valence-corrected chi connectivity index (χ3v) is 10.1. The Morgan fingerprint density at radius 2 is 0.891 bits per heavy atom. The van der Waals surface area contributed by atoms with Gasteiger partial charge >= 0.3 is 11.9 Å². The summed E-state index contributed by atoms with van der Waals surface area (Å²) < 4.78 is 22.5. The molecule has 0 saturated heterocycles. The van der Waals surface area contributed by atoms with E-state index in [1.807, 2.05) is 21.1 Å². The highest BCUT2D eigenvalue weighted by Gasteiger charge is 2.21. The minimum atomic E-state index is -1.63. The third-order valence-electron chi connectivity index (χ3n) is 10.1. The lowest BCUT2D eigenvalue weighted by Crippen LogP contribution is -2.44. The molecule has 0 rings (SSSR count). The van der Waals surface area contributed by atoms with Crippen molar-refractivity contribution in [3.05, 3.63) is 97.2 Å². The molecule has 0 fully saturated rings. The fraction of sp³-hybridized carbons (Fsp3) is 0.655. The molecular formula is C55H91NO8. The fourth-order valence-corrected chi connectivity index (χ4v) is 6.26. The summed E-state index contributed by atoms with van der Waals surface area (Å²) in [6, 6.07) is 0. The van der Waals surface area contributed by atoms with Crippen LogP contribution in [0.25, 0.3) is 0 Å². The van der Waals surface area contributed by atoms with Gasteiger partial charge < -0.3 is 33.3 Å². The van der Waals surface area contributed by atoms with Crippen molar-refractivity contribution in [1.29, 1.82) is 0 Å². The van der Waals surface area contributed by atoms with Crippen molar-refractivity contribution in [2.24, 2.45) is 0 Å². The van der Waals surface area contributed by atoms with Gasteiger partial charge in [-0.2, -0.15) is 0 Å². The standard InChI is InChI=1S/C55H91NO8/c1-6-8-10-12-14-16-17-18-19-20-21-22-23-24-25-26-27-28-29-30-31-32-33-34-35-36-37-38-40-42-44-46-53(58)64-51(50-63-55(54(59)60)61-48-47-56(3,4)5)49-62-52(57)45-43-41-39-15-13-11-9-7-2/h8,10,14,16,18-19,21-22,24-25,27-28,30-31,33-34,51,55H,6-7,9,11-13,15,17,20,23,26,29,32,35-50H2,1-5H3/b10-8-,16-14-,19-18-,22-21-,25-24-,28-27-,31-30-,34-33-. The molecule has 2 unspecified atom stereocenters. The number of ether oxygens (including phenoxy) is 4. The number of allylic oxidation sites excluding steroid dienone is 16. The lowest BCUT2D eigenvalue weighted by atomic mass is 10.1. The molecule has 0 radical (unpaired) electrons. The first kappa shape index (κ1) is 60.2. The molecule has 9 nitrogen and oxygen atoms in total. The smallest absolute Gasteiger partial charge is 0.306 e. The molecule has 0 bridgehead atoms. The van der Waals surface area contributed by atoms with Crippen LogP contribution >= 0.6 is 0 Å². The van der Waals surface area contributed by atoms with E-state index in [-0.39, 0.29) is 38.6 Å². The number of quaternary nitrogens is 1. The van der Waals surface area contributed by atoms with Gasteiger partial charge in [0.25, 0.3) is 0 Å². The molecule has 64 heavy (non-hydrogen) atoms. The molecule has 0 aliphatic rings. The molecule has 0 aromatic heterocycles. The molecule has 0 amide bonds. The molecule has 0 aliphatic heterocycles. The van der Waals surface area contributed by atoms with E-state index < -0.39 is 24.3 Å². The maximum Gasteiger partial charge on any atom is 0.306 e. The second-order valence-electron chi connectivity index (χ2n) is 17.4. The van der Waals surface area contributed by atoms with Crippen molar-refractivity contribution in [3.63, 3.8) is 0 Å². The molecule has 0 aliphatic carbocycles. The summed E-state index contributed by atoms with van der Waals surface area (Å²) in [5.74, 6) is -2.32. The average Bonchev–Trinajstić information content (AvgIpc) is 3.26. The molecule has 0 heterocycles. The van der Waals surface area contributed by atoms with Crippen LogP contribution in [0.5, 0.6) is 0 Å². The summed E-state index contributed by atoms with van der Waals surface area (Å²) in [7, 11) is 5.89. The van der Waals surface area contributed by atoms with E-state index in [0.717, 1.165) is 109 Å². The monoisotopic (exact) mass is 894 g/mol. The minimum Gasteiger partial charge on any atom is -0.545 e. The predicted molar refractivity (Wildman–Crippen MR) is 264 cm³/mol. The van der Waals surface area contributed by atoms with Crippen molar-refractivity contribution in [2.45, 2.75) is 187 Å². The molecule has 0 spiro atoms. The number of esters is 2. The zero-order valence-corrected chi connectivity index (χ0v) is 41.1. The van der Waals surface area contributed by atoms with Crippen molar-refractivity contribution >= 4 is 17.9 Å². The number of rotatable bonds is 44. The number of hydrogen-bond donors (Lipinski definition) is 0. The van der Waals surface area contributed by atoms with Crippen molar-refractivity contribution < 1.29 is 42.9 Å². The van der Waals surface area contributed by atoms with Gasteiger partial charge in [0.1, 0.15) is 13.2 Å². The molecule has 9 heteroatoms. The Morgan fingerprint density at radius 3 is 1.33 bits per heavy atom. The number of nitrogens with zero attached hydrogens (tertiary/aromatic N) is 1. The van der Waals surface area contributed by atoms with Crippen LogP contribution in [0, 0.1) is 0 Å². The summed E-state index contributed by atoms with van der Waals surface area (Å²) in [6.45, 7) is 4.55. The van der Waals surface area contributed by atoms with Crippen LogP contribution in [0.2, 0.25) is 0 Å². The summed E-state index contributed by atoms with van der Waals surface area (Å²) in [5.41, 5.74) is 0. The lowest BCUT2D eigenvalue weighted by Gasteiger charge is -2.26. The Hall–Kier alpha value is -3.79. The van der Waals surface area contributed by atoms with Crippen LogP contribution in [-0.2, 0) is 33.3 Å². The van der Waals surface area contributed by atoms with Gasteiger partial charge in [-0.3, -0.25) is 9.59 Å². The topological polar surface area (TPSA) is 111 Å². The van der Waals surface area contributed by atoms with Gasteiger partial charge in [-0.05, 0) is 77.0 Å². The van der Waals surface area contributed by atoms with E-state index in [1.165, 1.54) is 32.1 Å². The average molecular weight is 894 g/mol. The molecule has 0 saturated carbocycles. The van der Waals surface area contributed by atoms with Gasteiger partial charge in [0.2, 0.25) is 0 Å². The highest BCUT2D eigenvalue weighted by atomic mass is 16.7. The number of likely N-dealkylation sites (N-methyl/N-ethyl adjacent to an activating group) is 1. The maximum atomic E-state index is 12.8. The highest BCUT2D eigenvalue weighted by molar-refractivity contribution is 5.70. The van der Waals surface area contributed by atoms with Crippen LogP contribution in [0.3, 0.4) is 0 Å². The summed E-state index contributed by atoms with van der Waals surface area (Å²) >= 11 is 0. The van der Waals surface area contributed by atoms with Gasteiger partial charge in [0.05, 0.1) is 40.3 Å². The normalized spacial score (nSPS) is 13.7. The molecule has 0 N–H and O–H groups in total. The van der Waals surface area contributed by atoms with E-state index >= 15 is 0 Å². The quantitative estimate of drug-likeness (QED) is 0.0195. The maximum absolute atomic E-state index is 12.8. The third kappa shape index (κ3) is 46.2. The molecular weight excluding hydrogens is 803 g/mol. The van der Waals surface area contributed by atoms with Crippen LogP contribution in [0.1, 0.15) is 174 Å². The van der Waals surface area contributed by atoms with Crippen LogP contribution < -0.4 is 5.11 Å². The number of unbranched alkanes of at least 4 members (excludes halogenated alkanes) is 13. The number of carboxylic acids is 1. The van der Waals surface area contributed by atoms with E-state index in [2.05, 4.69) is 111 Å². The summed E-state index contributed by atoms with van der Waals surface area (Å²) in [5, 5.41) is 11.7. The van der Waals surface area contributed by atoms with Gasteiger partial charge in [0, 0.05) is 12.8 Å². The van der Waals surface area contributed by atoms with E-state index in [0.29, 0.717) is 17.4 Å². The first-order chi connectivity index (χ1) is 31.1. The SMILES string of the molecule is CC/C=C\C/C=C\C/C=C\C/C=C\C/C=C\C/C=C\C/C=C\C/C=C\CCCCCCCCC(=O)OC(COC(=O)CCCCCCCCCC)COC(OCC[N+](C)(C)C)C(=O)[O-]. The van der Waals surface area contributed by atoms with Gasteiger partial charge in [-0.25, -0.2) is 0 Å². The number of aliphatic carboxylic acids is 1. The highest BCUT2D eigenvalue weighted by Crippen LogP contribution is 2.13. The van der Waals surface area contributed by atoms with Crippen LogP contribution in [0.4, 0.5) is 0 Å². The molecule has 0 aromatic carbocycles. The largest absolute Gasteiger partial charge is 0.545 e. The zero-order chi connectivity index (χ0) is 47.0. The first-order valence-electron chi connectivity index (χ1n) is 24.9. The number of carboxylic acid groups (broad SMARTS) is 1. The summed E-state index contributed by atoms with van der Waals surface area (Å²) in [4.78, 5) is 36.9. The van der Waals surface area contributed by atoms with Crippen molar-refractivity contribution in [2.75, 3.05) is 47.5 Å². The van der Waals surface area contributed by atoms with E-state index in [9.17, 15) is 19.5 Å². The summed E-state index contributed by atoms with van der Waals surface area (Å²) in [6.07, 6.45) is 57.5. The molecule has 364 valence electrons. The van der Waals surface area contributed by atoms with Gasteiger partial charge in [0.15, 0.2) is 12.4 Å². The first-order valence-corrected chi connectivity index (χ1v) is 24.9. The Labute approximate surface area is 391 Å². The number of carbonyl (C=O) groups is 3. The minimum absolute atomic E-state index is 0.140. The van der Waals surface area contributed by atoms with Gasteiger partial charge in [-0.1, -0.05) is 182 Å². The van der Waals surface area contributed by atoms with Crippen LogP contribution in [0.15, 0.2) is 97.2 Å². The van der Waals surface area contributed by atoms with E-state index in [1.54, 1.807) is 0 Å². The molecule has 0 aromatic rings.